The van der Waals surface area contributed by atoms with Crippen LogP contribution < -0.4 is 0 Å². The molecule has 2 aromatic carbocycles. The summed E-state index contributed by atoms with van der Waals surface area (Å²) in [5.41, 5.74) is 1.01. The number of nitrogens with zero attached hydrogens (tertiary/aromatic N) is 1. The summed E-state index contributed by atoms with van der Waals surface area (Å²) < 4.78 is 39.9. The highest BCUT2D eigenvalue weighted by Gasteiger charge is 2.42. The fourth-order valence-corrected chi connectivity index (χ4v) is 6.84. The van der Waals surface area contributed by atoms with Crippen molar-refractivity contribution >= 4 is 43.7 Å². The van der Waals surface area contributed by atoms with E-state index in [9.17, 15) is 18.3 Å². The van der Waals surface area contributed by atoms with Crippen molar-refractivity contribution in [2.45, 2.75) is 34.2 Å². The summed E-state index contributed by atoms with van der Waals surface area (Å²) in [5, 5.41) is 9.69. The van der Waals surface area contributed by atoms with Crippen molar-refractivity contribution in [3.63, 3.8) is 0 Å². The first-order valence-corrected chi connectivity index (χ1v) is 13.0. The van der Waals surface area contributed by atoms with Crippen LogP contribution in [0.1, 0.15) is 28.8 Å². The fraction of sp³-hybridized carbons (Fsp3) is 0.381. The van der Waals surface area contributed by atoms with E-state index in [0.717, 1.165) is 10.0 Å². The summed E-state index contributed by atoms with van der Waals surface area (Å²) in [7, 11) is -3.81. The van der Waals surface area contributed by atoms with E-state index in [0.29, 0.717) is 36.7 Å². The molecule has 2 aliphatic heterocycles. The molecule has 1 N–H and O–H groups in total. The second-order valence-electron chi connectivity index (χ2n) is 7.35. The van der Waals surface area contributed by atoms with Crippen LogP contribution in [0.5, 0.6) is 0 Å². The highest BCUT2D eigenvalue weighted by atomic mass is 79.9. The van der Waals surface area contributed by atoms with Gasteiger partial charge in [-0.3, -0.25) is 0 Å². The maximum absolute atomic E-state index is 13.1. The first-order chi connectivity index (χ1) is 14.8. The lowest BCUT2D eigenvalue weighted by molar-refractivity contribution is -0.179. The number of hydrogen-bond donors (Lipinski definition) is 1. The Morgan fingerprint density at radius 3 is 2.45 bits per heavy atom. The van der Waals surface area contributed by atoms with Gasteiger partial charge < -0.3 is 14.6 Å². The second-order valence-corrected chi connectivity index (χ2v) is 11.2. The maximum Gasteiger partial charge on any atom is 0.336 e. The molecule has 10 heteroatoms. The Morgan fingerprint density at radius 1 is 1.13 bits per heavy atom. The minimum absolute atomic E-state index is 0.0145. The Balaban J connectivity index is 1.52. The van der Waals surface area contributed by atoms with Crippen molar-refractivity contribution in [3.8, 4) is 0 Å². The number of carboxylic acids is 1. The zero-order valence-electron chi connectivity index (χ0n) is 16.6. The highest BCUT2D eigenvalue weighted by molar-refractivity contribution is 9.10. The largest absolute Gasteiger partial charge is 0.478 e. The smallest absolute Gasteiger partial charge is 0.336 e. The lowest BCUT2D eigenvalue weighted by Gasteiger charge is -2.36. The molecule has 31 heavy (non-hydrogen) atoms. The molecule has 0 amide bonds. The minimum Gasteiger partial charge on any atom is -0.478 e. The molecule has 0 aromatic heterocycles. The van der Waals surface area contributed by atoms with Crippen LogP contribution in [-0.2, 0) is 25.2 Å². The molecule has 0 bridgehead atoms. The molecule has 166 valence electrons. The minimum atomic E-state index is -3.81. The zero-order valence-corrected chi connectivity index (χ0v) is 19.8. The second kappa shape index (κ2) is 9.21. The molecule has 1 spiro atoms. The molecule has 4 rings (SSSR count). The summed E-state index contributed by atoms with van der Waals surface area (Å²) >= 11 is 4.85. The van der Waals surface area contributed by atoms with Gasteiger partial charge >= 0.3 is 5.97 Å². The third-order valence-electron chi connectivity index (χ3n) is 5.46. The normalized spacial score (nSPS) is 19.0. The number of carbonyl (C=O) groups is 1. The number of halogens is 1. The number of hydrogen-bond acceptors (Lipinski definition) is 6. The van der Waals surface area contributed by atoms with Gasteiger partial charge in [0.1, 0.15) is 0 Å². The molecule has 2 aliphatic rings. The van der Waals surface area contributed by atoms with Gasteiger partial charge in [0.2, 0.25) is 10.0 Å². The average molecular weight is 528 g/mol. The summed E-state index contributed by atoms with van der Waals surface area (Å²) in [5.74, 6) is -1.27. The van der Waals surface area contributed by atoms with Crippen LogP contribution in [0.2, 0.25) is 0 Å². The molecule has 2 heterocycles. The lowest BCUT2D eigenvalue weighted by Crippen LogP contribution is -2.47. The van der Waals surface area contributed by atoms with E-state index in [1.54, 1.807) is 6.07 Å². The van der Waals surface area contributed by atoms with Gasteiger partial charge in [0.25, 0.3) is 0 Å². The van der Waals surface area contributed by atoms with Crippen molar-refractivity contribution in [3.05, 3.63) is 58.1 Å². The van der Waals surface area contributed by atoms with Crippen molar-refractivity contribution in [1.82, 2.24) is 4.31 Å². The maximum atomic E-state index is 13.1. The van der Waals surface area contributed by atoms with Crippen molar-refractivity contribution < 1.29 is 27.8 Å². The molecule has 2 fully saturated rings. The molecular weight excluding hydrogens is 506 g/mol. The zero-order chi connectivity index (χ0) is 22.1. The van der Waals surface area contributed by atoms with Crippen LogP contribution in [0.25, 0.3) is 0 Å². The Morgan fingerprint density at radius 2 is 1.81 bits per heavy atom. The van der Waals surface area contributed by atoms with E-state index in [4.69, 9.17) is 9.47 Å². The highest BCUT2D eigenvalue weighted by Crippen LogP contribution is 2.35. The van der Waals surface area contributed by atoms with Crippen molar-refractivity contribution in [2.75, 3.05) is 26.3 Å². The molecule has 0 atom stereocenters. The van der Waals surface area contributed by atoms with Gasteiger partial charge in [-0.15, -0.1) is 11.8 Å². The Hall–Kier alpha value is -1.43. The van der Waals surface area contributed by atoms with Gasteiger partial charge in [-0.2, -0.15) is 4.31 Å². The van der Waals surface area contributed by atoms with E-state index in [-0.39, 0.29) is 23.5 Å². The number of piperidine rings is 1. The number of thioether (sulfide) groups is 1. The van der Waals surface area contributed by atoms with Crippen LogP contribution in [0, 0.1) is 0 Å². The van der Waals surface area contributed by atoms with Crippen LogP contribution in [0.15, 0.2) is 56.7 Å². The van der Waals surface area contributed by atoms with Gasteiger partial charge in [0, 0.05) is 41.1 Å². The van der Waals surface area contributed by atoms with E-state index >= 15 is 0 Å². The first kappa shape index (κ1) is 22.8. The molecule has 2 saturated heterocycles. The molecule has 0 aliphatic carbocycles. The summed E-state index contributed by atoms with van der Waals surface area (Å²) in [6.07, 6.45) is 0.913. The quantitative estimate of drug-likeness (QED) is 0.568. The standard InChI is InChI=1S/C21H22BrNO6S2/c22-18-4-2-1-3-15(18)14-30-19-6-5-16(13-17(19)20(24)25)31(26,27)23-9-7-21(8-10-23)28-11-12-29-21/h1-6,13H,7-12,14H2,(H,24,25). The molecule has 0 unspecified atom stereocenters. The molecule has 0 radical (unpaired) electrons. The topological polar surface area (TPSA) is 93.1 Å². The van der Waals surface area contributed by atoms with Crippen LogP contribution >= 0.6 is 27.7 Å². The number of sulfonamides is 1. The van der Waals surface area contributed by atoms with Crippen molar-refractivity contribution in [2.24, 2.45) is 0 Å². The van der Waals surface area contributed by atoms with Gasteiger partial charge in [-0.05, 0) is 29.8 Å². The molecular formula is C21H22BrNO6S2. The first-order valence-electron chi connectivity index (χ1n) is 9.82. The van der Waals surface area contributed by atoms with E-state index < -0.39 is 21.8 Å². The van der Waals surface area contributed by atoms with E-state index in [1.807, 2.05) is 24.3 Å². The van der Waals surface area contributed by atoms with E-state index in [1.165, 1.54) is 28.2 Å². The summed E-state index contributed by atoms with van der Waals surface area (Å²) in [6.45, 7) is 1.58. The molecule has 0 saturated carbocycles. The Labute approximate surface area is 193 Å². The van der Waals surface area contributed by atoms with Gasteiger partial charge in [0.15, 0.2) is 5.79 Å². The lowest BCUT2D eigenvalue weighted by atomic mass is 10.1. The predicted octanol–water partition coefficient (Wildman–Crippen LogP) is 3.97. The number of benzene rings is 2. The number of aromatic carboxylic acids is 1. The predicted molar refractivity (Wildman–Crippen MR) is 120 cm³/mol. The van der Waals surface area contributed by atoms with Crippen molar-refractivity contribution in [1.29, 1.82) is 0 Å². The van der Waals surface area contributed by atoms with Crippen LogP contribution in [-0.4, -0.2) is 55.9 Å². The van der Waals surface area contributed by atoms with Gasteiger partial charge in [-0.1, -0.05) is 34.1 Å². The Kier molecular flexibility index (Phi) is 6.76. The summed E-state index contributed by atoms with van der Waals surface area (Å²) in [6, 6.07) is 12.0. The monoisotopic (exact) mass is 527 g/mol. The van der Waals surface area contributed by atoms with Crippen LogP contribution in [0.3, 0.4) is 0 Å². The van der Waals surface area contributed by atoms with E-state index in [2.05, 4.69) is 15.9 Å². The van der Waals surface area contributed by atoms with Gasteiger partial charge in [0.05, 0.1) is 23.7 Å². The number of ether oxygens (including phenoxy) is 2. The van der Waals surface area contributed by atoms with Gasteiger partial charge in [-0.25, -0.2) is 13.2 Å². The number of carboxylic acid groups (broad SMARTS) is 1. The molecule has 7 nitrogen and oxygen atoms in total. The number of rotatable bonds is 6. The molecule has 2 aromatic rings. The SMILES string of the molecule is O=C(O)c1cc(S(=O)(=O)N2CCC3(CC2)OCCO3)ccc1SCc1ccccc1Br. The third-order valence-corrected chi connectivity index (χ3v) is 9.25. The fourth-order valence-electron chi connectivity index (χ4n) is 3.74. The average Bonchev–Trinajstić information content (AvgIpc) is 3.21. The van der Waals surface area contributed by atoms with Crippen LogP contribution in [0.4, 0.5) is 0 Å². The third kappa shape index (κ3) is 4.84. The summed E-state index contributed by atoms with van der Waals surface area (Å²) in [4.78, 5) is 12.4. The Bertz CT molecular complexity index is 1080.